The summed E-state index contributed by atoms with van der Waals surface area (Å²) in [6, 6.07) is 16.8. The fourth-order valence-electron chi connectivity index (χ4n) is 3.42. The van der Waals surface area contributed by atoms with Crippen molar-refractivity contribution in [3.8, 4) is 0 Å². The van der Waals surface area contributed by atoms with Gasteiger partial charge in [-0.1, -0.05) is 53.2 Å². The summed E-state index contributed by atoms with van der Waals surface area (Å²) < 4.78 is 0. The minimum atomic E-state index is -0.293. The molecule has 30 heavy (non-hydrogen) atoms. The van der Waals surface area contributed by atoms with Crippen LogP contribution in [0, 0.1) is 13.8 Å². The lowest BCUT2D eigenvalue weighted by molar-refractivity contribution is -0.137. The summed E-state index contributed by atoms with van der Waals surface area (Å²) >= 11 is 7.29. The van der Waals surface area contributed by atoms with E-state index >= 15 is 0 Å². The van der Waals surface area contributed by atoms with Crippen LogP contribution in [0.2, 0.25) is 5.02 Å². The molecule has 0 spiro atoms. The molecule has 150 valence electrons. The first-order valence-corrected chi connectivity index (χ1v) is 10.6. The standard InChI is InChI=1S/C24H19ClN2O2S/c1-15-5-10-20(16(2)12-15)21-22(30-19-8-6-18(25)7-9-19)24(29)27(23(21)28)14-17-4-3-11-26-13-17/h3-13H,14H2,1-2H3. The van der Waals surface area contributed by atoms with Crippen LogP contribution < -0.4 is 0 Å². The number of nitrogens with zero attached hydrogens (tertiary/aromatic N) is 2. The second-order valence-electron chi connectivity index (χ2n) is 7.14. The Labute approximate surface area is 184 Å². The van der Waals surface area contributed by atoms with Gasteiger partial charge < -0.3 is 0 Å². The van der Waals surface area contributed by atoms with E-state index in [0.717, 1.165) is 27.1 Å². The van der Waals surface area contributed by atoms with Crippen LogP contribution in [0.3, 0.4) is 0 Å². The number of aryl methyl sites for hydroxylation is 2. The molecular formula is C24H19ClN2O2S. The van der Waals surface area contributed by atoms with Crippen LogP contribution in [-0.2, 0) is 16.1 Å². The highest BCUT2D eigenvalue weighted by atomic mass is 35.5. The molecule has 2 heterocycles. The number of halogens is 1. The molecule has 0 bridgehead atoms. The van der Waals surface area contributed by atoms with Gasteiger partial charge in [-0.2, -0.15) is 0 Å². The van der Waals surface area contributed by atoms with Gasteiger partial charge in [0.25, 0.3) is 11.8 Å². The molecule has 1 aliphatic rings. The van der Waals surface area contributed by atoms with E-state index in [-0.39, 0.29) is 18.4 Å². The van der Waals surface area contributed by atoms with Gasteiger partial charge in [0, 0.05) is 22.3 Å². The Morgan fingerprint density at radius 3 is 2.43 bits per heavy atom. The number of imide groups is 1. The Balaban J connectivity index is 1.78. The zero-order valence-corrected chi connectivity index (χ0v) is 18.1. The van der Waals surface area contributed by atoms with Crippen LogP contribution in [0.25, 0.3) is 5.57 Å². The zero-order chi connectivity index (χ0) is 21.3. The fraction of sp³-hybridized carbons (Fsp3) is 0.125. The number of hydrogen-bond acceptors (Lipinski definition) is 4. The third-order valence-electron chi connectivity index (χ3n) is 4.87. The lowest BCUT2D eigenvalue weighted by Gasteiger charge is -2.15. The smallest absolute Gasteiger partial charge is 0.268 e. The number of aromatic nitrogens is 1. The van der Waals surface area contributed by atoms with Gasteiger partial charge in [-0.3, -0.25) is 19.5 Å². The molecule has 0 atom stereocenters. The summed E-state index contributed by atoms with van der Waals surface area (Å²) in [5.41, 5.74) is 4.10. The molecule has 0 radical (unpaired) electrons. The molecule has 4 rings (SSSR count). The molecule has 0 fully saturated rings. The number of amides is 2. The van der Waals surface area contributed by atoms with Gasteiger partial charge in [-0.25, -0.2) is 0 Å². The van der Waals surface area contributed by atoms with Gasteiger partial charge in [0.15, 0.2) is 0 Å². The van der Waals surface area contributed by atoms with Crippen molar-refractivity contribution in [3.05, 3.63) is 99.2 Å². The second kappa shape index (κ2) is 8.46. The van der Waals surface area contributed by atoms with Gasteiger partial charge in [-0.15, -0.1) is 0 Å². The molecule has 4 nitrogen and oxygen atoms in total. The first kappa shape index (κ1) is 20.4. The minimum absolute atomic E-state index is 0.185. The van der Waals surface area contributed by atoms with Crippen LogP contribution >= 0.6 is 23.4 Å². The highest BCUT2D eigenvalue weighted by molar-refractivity contribution is 8.04. The average Bonchev–Trinajstić information content (AvgIpc) is 2.95. The lowest BCUT2D eigenvalue weighted by atomic mass is 9.99. The van der Waals surface area contributed by atoms with Crippen molar-refractivity contribution >= 4 is 40.8 Å². The first-order chi connectivity index (χ1) is 14.4. The van der Waals surface area contributed by atoms with Gasteiger partial charge in [0.1, 0.15) is 0 Å². The van der Waals surface area contributed by atoms with Crippen molar-refractivity contribution in [3.63, 3.8) is 0 Å². The van der Waals surface area contributed by atoms with E-state index in [1.54, 1.807) is 30.6 Å². The number of hydrogen-bond donors (Lipinski definition) is 0. The summed E-state index contributed by atoms with van der Waals surface area (Å²) in [4.78, 5) is 33.4. The summed E-state index contributed by atoms with van der Waals surface area (Å²) in [5.74, 6) is -0.578. The summed E-state index contributed by atoms with van der Waals surface area (Å²) in [6.07, 6.45) is 3.33. The molecule has 0 unspecified atom stereocenters. The number of rotatable bonds is 5. The topological polar surface area (TPSA) is 50.3 Å². The molecule has 3 aromatic rings. The van der Waals surface area contributed by atoms with Gasteiger partial charge >= 0.3 is 0 Å². The third-order valence-corrected chi connectivity index (χ3v) is 6.22. The second-order valence-corrected chi connectivity index (χ2v) is 8.66. The van der Waals surface area contributed by atoms with Crippen molar-refractivity contribution in [1.82, 2.24) is 9.88 Å². The van der Waals surface area contributed by atoms with Crippen molar-refractivity contribution in [2.24, 2.45) is 0 Å². The quantitative estimate of drug-likeness (QED) is 0.503. The zero-order valence-electron chi connectivity index (χ0n) is 16.6. The maximum atomic E-state index is 13.4. The van der Waals surface area contributed by atoms with Crippen molar-refractivity contribution in [2.45, 2.75) is 25.3 Å². The number of benzene rings is 2. The maximum absolute atomic E-state index is 13.4. The van der Waals surface area contributed by atoms with E-state index < -0.39 is 0 Å². The molecule has 0 N–H and O–H groups in total. The molecule has 0 aliphatic carbocycles. The first-order valence-electron chi connectivity index (χ1n) is 9.44. The van der Waals surface area contributed by atoms with Crippen molar-refractivity contribution in [1.29, 1.82) is 0 Å². The highest BCUT2D eigenvalue weighted by Crippen LogP contribution is 2.41. The number of thioether (sulfide) groups is 1. The van der Waals surface area contributed by atoms with Crippen LogP contribution in [0.5, 0.6) is 0 Å². The van der Waals surface area contributed by atoms with E-state index in [1.165, 1.54) is 16.7 Å². The minimum Gasteiger partial charge on any atom is -0.269 e. The van der Waals surface area contributed by atoms with E-state index in [0.29, 0.717) is 15.5 Å². The highest BCUT2D eigenvalue weighted by Gasteiger charge is 2.39. The Bertz CT molecular complexity index is 1160. The van der Waals surface area contributed by atoms with Crippen LogP contribution in [0.15, 0.2) is 76.8 Å². The molecule has 6 heteroatoms. The molecular weight excluding hydrogens is 416 g/mol. The van der Waals surface area contributed by atoms with E-state index in [9.17, 15) is 9.59 Å². The molecule has 2 aromatic carbocycles. The number of carbonyl (C=O) groups is 2. The van der Waals surface area contributed by atoms with Crippen LogP contribution in [0.4, 0.5) is 0 Å². The SMILES string of the molecule is Cc1ccc(C2=C(Sc3ccc(Cl)cc3)C(=O)N(Cc3cccnc3)C2=O)c(C)c1. The summed E-state index contributed by atoms with van der Waals surface area (Å²) in [6.45, 7) is 4.15. The summed E-state index contributed by atoms with van der Waals surface area (Å²) in [7, 11) is 0. The Morgan fingerprint density at radius 2 is 1.77 bits per heavy atom. The van der Waals surface area contributed by atoms with Crippen molar-refractivity contribution in [2.75, 3.05) is 0 Å². The van der Waals surface area contributed by atoms with Gasteiger partial charge in [0.2, 0.25) is 0 Å². The predicted octanol–water partition coefficient (Wildman–Crippen LogP) is 5.42. The molecule has 0 saturated carbocycles. The largest absolute Gasteiger partial charge is 0.269 e. The number of pyridine rings is 1. The maximum Gasteiger partial charge on any atom is 0.268 e. The average molecular weight is 435 g/mol. The van der Waals surface area contributed by atoms with E-state index in [2.05, 4.69) is 4.98 Å². The van der Waals surface area contributed by atoms with Crippen LogP contribution in [-0.4, -0.2) is 21.7 Å². The summed E-state index contributed by atoms with van der Waals surface area (Å²) in [5, 5.41) is 0.620. The van der Waals surface area contributed by atoms with Gasteiger partial charge in [0.05, 0.1) is 17.0 Å². The fourth-order valence-corrected chi connectivity index (χ4v) is 4.55. The Morgan fingerprint density at radius 1 is 1.00 bits per heavy atom. The van der Waals surface area contributed by atoms with Gasteiger partial charge in [-0.05, 0) is 60.9 Å². The molecule has 1 aliphatic heterocycles. The predicted molar refractivity (Wildman–Crippen MR) is 120 cm³/mol. The van der Waals surface area contributed by atoms with Crippen molar-refractivity contribution < 1.29 is 9.59 Å². The lowest BCUT2D eigenvalue weighted by Crippen LogP contribution is -2.31. The molecule has 0 saturated heterocycles. The number of carbonyl (C=O) groups excluding carboxylic acids is 2. The molecule has 1 aromatic heterocycles. The Hall–Kier alpha value is -2.89. The van der Waals surface area contributed by atoms with Crippen LogP contribution in [0.1, 0.15) is 22.3 Å². The van der Waals surface area contributed by atoms with E-state index in [1.807, 2.05) is 50.2 Å². The van der Waals surface area contributed by atoms with E-state index in [4.69, 9.17) is 11.6 Å². The third kappa shape index (κ3) is 4.04. The molecule has 2 amide bonds. The monoisotopic (exact) mass is 434 g/mol. The Kier molecular flexibility index (Phi) is 5.75. The normalized spacial score (nSPS) is 14.0.